The largest absolute Gasteiger partial charge is 0.489 e. The fourth-order valence-electron chi connectivity index (χ4n) is 2.19. The molecule has 0 saturated carbocycles. The number of rotatable bonds is 8. The molecule has 0 fully saturated rings. The second-order valence-electron chi connectivity index (χ2n) is 5.78. The van der Waals surface area contributed by atoms with Crippen molar-refractivity contribution in [3.8, 4) is 5.75 Å². The van der Waals surface area contributed by atoms with Gasteiger partial charge in [-0.3, -0.25) is 9.69 Å². The van der Waals surface area contributed by atoms with Gasteiger partial charge >= 0.3 is 0 Å². The molecular weight excluding hydrogens is 326 g/mol. The topological polar surface area (TPSA) is 41.6 Å². The van der Waals surface area contributed by atoms with E-state index in [-0.39, 0.29) is 30.1 Å². The van der Waals surface area contributed by atoms with Gasteiger partial charge < -0.3 is 10.1 Å². The summed E-state index contributed by atoms with van der Waals surface area (Å²) in [4.78, 5) is 14.0. The van der Waals surface area contributed by atoms with Gasteiger partial charge in [0.05, 0.1) is 6.04 Å². The zero-order chi connectivity index (χ0) is 18.2. The van der Waals surface area contributed by atoms with Gasteiger partial charge in [0, 0.05) is 13.1 Å². The fraction of sp³-hybridized carbons (Fsp3) is 0.316. The molecule has 2 aromatic carbocycles. The van der Waals surface area contributed by atoms with Crippen LogP contribution in [0.15, 0.2) is 48.5 Å². The maximum atomic E-state index is 13.5. The minimum Gasteiger partial charge on any atom is -0.489 e. The number of halogens is 2. The van der Waals surface area contributed by atoms with Crippen LogP contribution in [0.2, 0.25) is 0 Å². The monoisotopic (exact) mass is 348 g/mol. The molecular formula is C19H22F2N2O2. The molecule has 1 N–H and O–H groups in total. The zero-order valence-electron chi connectivity index (χ0n) is 14.3. The van der Waals surface area contributed by atoms with Gasteiger partial charge in [-0.25, -0.2) is 8.78 Å². The van der Waals surface area contributed by atoms with Crippen LogP contribution in [0.1, 0.15) is 12.5 Å². The van der Waals surface area contributed by atoms with Crippen molar-refractivity contribution in [1.82, 2.24) is 10.2 Å². The molecule has 0 aliphatic carbocycles. The number of nitrogens with zero attached hydrogens (tertiary/aromatic N) is 1. The van der Waals surface area contributed by atoms with E-state index in [4.69, 9.17) is 4.74 Å². The van der Waals surface area contributed by atoms with Gasteiger partial charge in [-0.1, -0.05) is 24.3 Å². The molecule has 2 aromatic rings. The predicted molar refractivity (Wildman–Crippen MR) is 92.2 cm³/mol. The first-order chi connectivity index (χ1) is 12.0. The molecule has 6 heteroatoms. The van der Waals surface area contributed by atoms with Crippen LogP contribution in [-0.2, 0) is 11.3 Å². The second-order valence-corrected chi connectivity index (χ2v) is 5.78. The van der Waals surface area contributed by atoms with Gasteiger partial charge in [0.15, 0.2) is 11.6 Å². The van der Waals surface area contributed by atoms with Gasteiger partial charge in [-0.2, -0.15) is 0 Å². The van der Waals surface area contributed by atoms with E-state index in [0.29, 0.717) is 13.1 Å². The Bertz CT molecular complexity index is 692. The third-order valence-corrected chi connectivity index (χ3v) is 3.96. The highest BCUT2D eigenvalue weighted by Gasteiger charge is 2.17. The van der Waals surface area contributed by atoms with Crippen LogP contribution < -0.4 is 10.1 Å². The first kappa shape index (κ1) is 18.9. The lowest BCUT2D eigenvalue weighted by Gasteiger charge is -2.24. The van der Waals surface area contributed by atoms with Gasteiger partial charge in [0.2, 0.25) is 5.91 Å². The van der Waals surface area contributed by atoms with Gasteiger partial charge in [0.1, 0.15) is 12.4 Å². The van der Waals surface area contributed by atoms with Crippen molar-refractivity contribution < 1.29 is 18.3 Å². The summed E-state index contributed by atoms with van der Waals surface area (Å²) < 4.78 is 31.7. The highest BCUT2D eigenvalue weighted by Crippen LogP contribution is 2.15. The average molecular weight is 348 g/mol. The lowest BCUT2D eigenvalue weighted by atomic mass is 10.2. The highest BCUT2D eigenvalue weighted by molar-refractivity contribution is 5.81. The standard InChI is InChI=1S/C19H22F2N2O2/c1-14(19(24)22-13-15-7-9-16(20)10-8-15)23(2)11-12-25-18-6-4-3-5-17(18)21/h3-10,14H,11-13H2,1-2H3,(H,22,24). The Labute approximate surface area is 146 Å². The van der Waals surface area contributed by atoms with Crippen molar-refractivity contribution in [3.05, 3.63) is 65.7 Å². The second kappa shape index (κ2) is 9.13. The van der Waals surface area contributed by atoms with Crippen LogP contribution in [0, 0.1) is 11.6 Å². The molecule has 0 aromatic heterocycles. The molecule has 4 nitrogen and oxygen atoms in total. The van der Waals surface area contributed by atoms with Crippen molar-refractivity contribution >= 4 is 5.91 Å². The summed E-state index contributed by atoms with van der Waals surface area (Å²) in [5, 5.41) is 2.81. The summed E-state index contributed by atoms with van der Waals surface area (Å²) in [6, 6.07) is 11.8. The molecule has 2 rings (SSSR count). The number of nitrogens with one attached hydrogen (secondary N) is 1. The van der Waals surface area contributed by atoms with Gasteiger partial charge in [-0.05, 0) is 43.8 Å². The molecule has 1 atom stereocenters. The maximum Gasteiger partial charge on any atom is 0.237 e. The summed E-state index contributed by atoms with van der Waals surface area (Å²) in [6.45, 7) is 2.86. The van der Waals surface area contributed by atoms with E-state index in [1.54, 1.807) is 44.3 Å². The number of carbonyl (C=O) groups is 1. The van der Waals surface area contributed by atoms with E-state index in [1.807, 2.05) is 4.90 Å². The number of carbonyl (C=O) groups excluding carboxylic acids is 1. The highest BCUT2D eigenvalue weighted by atomic mass is 19.1. The Morgan fingerprint density at radius 1 is 1.16 bits per heavy atom. The first-order valence-corrected chi connectivity index (χ1v) is 8.07. The maximum absolute atomic E-state index is 13.5. The third-order valence-electron chi connectivity index (χ3n) is 3.96. The molecule has 1 amide bonds. The molecule has 0 radical (unpaired) electrons. The summed E-state index contributed by atoms with van der Waals surface area (Å²) >= 11 is 0. The Balaban J connectivity index is 1.74. The van der Waals surface area contributed by atoms with Crippen LogP contribution in [0.5, 0.6) is 5.75 Å². The number of hydrogen-bond acceptors (Lipinski definition) is 3. The molecule has 0 saturated heterocycles. The van der Waals surface area contributed by atoms with Crippen molar-refractivity contribution in [2.75, 3.05) is 20.2 Å². The van der Waals surface area contributed by atoms with E-state index in [0.717, 1.165) is 5.56 Å². The van der Waals surface area contributed by atoms with Crippen LogP contribution >= 0.6 is 0 Å². The Morgan fingerprint density at radius 2 is 1.84 bits per heavy atom. The number of para-hydroxylation sites is 1. The van der Waals surface area contributed by atoms with E-state index in [1.165, 1.54) is 18.2 Å². The van der Waals surface area contributed by atoms with Crippen molar-refractivity contribution in [1.29, 1.82) is 0 Å². The van der Waals surface area contributed by atoms with Crippen LogP contribution in [-0.4, -0.2) is 37.0 Å². The molecule has 0 aliphatic heterocycles. The molecule has 0 heterocycles. The Hall–Kier alpha value is -2.47. The van der Waals surface area contributed by atoms with Gasteiger partial charge in [0.25, 0.3) is 0 Å². The number of ether oxygens (including phenoxy) is 1. The number of benzene rings is 2. The minimum atomic E-state index is -0.407. The zero-order valence-corrected chi connectivity index (χ0v) is 14.3. The number of amides is 1. The Morgan fingerprint density at radius 3 is 2.52 bits per heavy atom. The summed E-state index contributed by atoms with van der Waals surface area (Å²) in [6.07, 6.45) is 0. The number of likely N-dealkylation sites (N-methyl/N-ethyl adjacent to an activating group) is 1. The quantitative estimate of drug-likeness (QED) is 0.797. The molecule has 1 unspecified atom stereocenters. The van der Waals surface area contributed by atoms with Crippen molar-refractivity contribution in [3.63, 3.8) is 0 Å². The molecule has 0 bridgehead atoms. The first-order valence-electron chi connectivity index (χ1n) is 8.07. The van der Waals surface area contributed by atoms with Crippen molar-refractivity contribution in [2.24, 2.45) is 0 Å². The fourth-order valence-corrected chi connectivity index (χ4v) is 2.19. The Kier molecular flexibility index (Phi) is 6.89. The van der Waals surface area contributed by atoms with E-state index in [9.17, 15) is 13.6 Å². The summed E-state index contributed by atoms with van der Waals surface area (Å²) in [7, 11) is 1.80. The van der Waals surface area contributed by atoms with Crippen LogP contribution in [0.3, 0.4) is 0 Å². The van der Waals surface area contributed by atoms with Gasteiger partial charge in [-0.15, -0.1) is 0 Å². The predicted octanol–water partition coefficient (Wildman–Crippen LogP) is 2.98. The molecule has 25 heavy (non-hydrogen) atoms. The van der Waals surface area contributed by atoms with E-state index in [2.05, 4.69) is 5.32 Å². The smallest absolute Gasteiger partial charge is 0.237 e. The van der Waals surface area contributed by atoms with Crippen LogP contribution in [0.25, 0.3) is 0 Å². The van der Waals surface area contributed by atoms with Crippen molar-refractivity contribution in [2.45, 2.75) is 19.5 Å². The molecule has 134 valence electrons. The summed E-state index contributed by atoms with van der Waals surface area (Å²) in [5.41, 5.74) is 0.826. The molecule has 0 aliphatic rings. The number of hydrogen-bond donors (Lipinski definition) is 1. The normalized spacial score (nSPS) is 12.0. The van der Waals surface area contributed by atoms with Crippen LogP contribution in [0.4, 0.5) is 8.78 Å². The third kappa shape index (κ3) is 5.83. The SMILES string of the molecule is CC(C(=O)NCc1ccc(F)cc1)N(C)CCOc1ccccc1F. The molecule has 0 spiro atoms. The minimum absolute atomic E-state index is 0.141. The van der Waals surface area contributed by atoms with E-state index >= 15 is 0 Å². The van der Waals surface area contributed by atoms with E-state index < -0.39 is 5.82 Å². The average Bonchev–Trinajstić information content (AvgIpc) is 2.61. The lowest BCUT2D eigenvalue weighted by molar-refractivity contribution is -0.125. The lowest BCUT2D eigenvalue weighted by Crippen LogP contribution is -2.44. The summed E-state index contributed by atoms with van der Waals surface area (Å²) in [5.74, 6) is -0.657.